The normalized spacial score (nSPS) is 11.4. The molecule has 27 heavy (non-hydrogen) atoms. The first-order valence-corrected chi connectivity index (χ1v) is 12.1. The molecule has 0 aliphatic heterocycles. The fourth-order valence-electron chi connectivity index (χ4n) is 3.58. The van der Waals surface area contributed by atoms with Crippen molar-refractivity contribution in [2.24, 2.45) is 0 Å². The Balaban J connectivity index is 3.06. The first-order valence-electron chi connectivity index (χ1n) is 12.1. The number of hydrogen-bond donors (Lipinski definition) is 1. The highest BCUT2D eigenvalue weighted by molar-refractivity contribution is 5.66. The first-order chi connectivity index (χ1) is 13.3. The van der Waals surface area contributed by atoms with E-state index in [0.29, 0.717) is 6.42 Å². The molecule has 0 unspecified atom stereocenters. The average Bonchev–Trinajstić information content (AvgIpc) is 2.65. The number of unbranched alkanes of at least 4 members (excludes halogenated alkanes) is 18. The van der Waals surface area contributed by atoms with Crippen molar-refractivity contribution in [1.29, 1.82) is 0 Å². The van der Waals surface area contributed by atoms with Crippen molar-refractivity contribution < 1.29 is 9.90 Å². The number of hydrogen-bond acceptors (Lipinski definition) is 1. The van der Waals surface area contributed by atoms with Crippen molar-refractivity contribution in [3.8, 4) is 0 Å². The molecule has 0 fully saturated rings. The third-order valence-electron chi connectivity index (χ3n) is 5.40. The molecule has 0 radical (unpaired) electrons. The van der Waals surface area contributed by atoms with Crippen LogP contribution in [0.5, 0.6) is 0 Å². The van der Waals surface area contributed by atoms with Gasteiger partial charge in [-0.15, -0.1) is 0 Å². The lowest BCUT2D eigenvalue weighted by Gasteiger charge is -2.02. The molecule has 0 aliphatic rings. The van der Waals surface area contributed by atoms with E-state index in [4.69, 9.17) is 5.11 Å². The molecule has 0 atom stereocenters. The van der Waals surface area contributed by atoms with Crippen LogP contribution in [0.2, 0.25) is 0 Å². The van der Waals surface area contributed by atoms with Gasteiger partial charge < -0.3 is 5.11 Å². The highest BCUT2D eigenvalue weighted by Gasteiger charge is 1.97. The van der Waals surface area contributed by atoms with Gasteiger partial charge in [0.2, 0.25) is 0 Å². The predicted molar refractivity (Wildman–Crippen MR) is 119 cm³/mol. The minimum Gasteiger partial charge on any atom is -0.481 e. The Bertz CT molecular complexity index is 322. The fraction of sp³-hybridized carbons (Fsp3) is 0.880. The number of aliphatic carboxylic acids is 1. The molecule has 0 saturated carbocycles. The van der Waals surface area contributed by atoms with Crippen LogP contribution in [0, 0.1) is 0 Å². The summed E-state index contributed by atoms with van der Waals surface area (Å²) in [5, 5.41) is 8.58. The quantitative estimate of drug-likeness (QED) is 0.150. The number of carboxylic acid groups (broad SMARTS) is 1. The Kier molecular flexibility index (Phi) is 22.6. The summed E-state index contributed by atoms with van der Waals surface area (Å²) < 4.78 is 0. The summed E-state index contributed by atoms with van der Waals surface area (Å²) in [5.41, 5.74) is 0. The standard InChI is InChI=1S/C25H48O2/c1-2-3-4-5-6-7-8-9-10-11-12-13-14-15-16-17-18-19-20-21-22-23-24-25(26)27/h9-10H,2-8,11-24H2,1H3,(H,26,27). The minimum atomic E-state index is -0.654. The SMILES string of the molecule is CCCCCCCCC=CCCCCCCCCCCCCCCC(=O)O. The second-order valence-corrected chi connectivity index (χ2v) is 8.20. The summed E-state index contributed by atoms with van der Waals surface area (Å²) in [7, 11) is 0. The third kappa shape index (κ3) is 25.2. The van der Waals surface area contributed by atoms with Gasteiger partial charge in [0.1, 0.15) is 0 Å². The minimum absolute atomic E-state index is 0.342. The van der Waals surface area contributed by atoms with Gasteiger partial charge in [-0.2, -0.15) is 0 Å². The van der Waals surface area contributed by atoms with Gasteiger partial charge in [-0.05, 0) is 32.1 Å². The van der Waals surface area contributed by atoms with E-state index >= 15 is 0 Å². The van der Waals surface area contributed by atoms with Crippen LogP contribution in [-0.4, -0.2) is 11.1 Å². The zero-order valence-corrected chi connectivity index (χ0v) is 18.4. The maximum Gasteiger partial charge on any atom is 0.303 e. The molecule has 2 heteroatoms. The van der Waals surface area contributed by atoms with Gasteiger partial charge in [-0.25, -0.2) is 0 Å². The van der Waals surface area contributed by atoms with Gasteiger partial charge in [0.05, 0.1) is 0 Å². The lowest BCUT2D eigenvalue weighted by Crippen LogP contribution is -1.93. The van der Waals surface area contributed by atoms with Gasteiger partial charge in [0, 0.05) is 6.42 Å². The Morgan fingerprint density at radius 3 is 1.26 bits per heavy atom. The van der Waals surface area contributed by atoms with Crippen LogP contribution >= 0.6 is 0 Å². The van der Waals surface area contributed by atoms with Crippen molar-refractivity contribution in [2.75, 3.05) is 0 Å². The number of rotatable bonds is 22. The smallest absolute Gasteiger partial charge is 0.303 e. The molecule has 0 amide bonds. The average molecular weight is 381 g/mol. The molecule has 0 aromatic rings. The van der Waals surface area contributed by atoms with Crippen LogP contribution < -0.4 is 0 Å². The molecule has 0 saturated heterocycles. The van der Waals surface area contributed by atoms with Crippen molar-refractivity contribution in [1.82, 2.24) is 0 Å². The molecule has 0 bridgehead atoms. The molecule has 160 valence electrons. The summed E-state index contributed by atoms with van der Waals surface area (Å²) in [6, 6.07) is 0. The van der Waals surface area contributed by atoms with Gasteiger partial charge in [-0.1, -0.05) is 115 Å². The van der Waals surface area contributed by atoms with Crippen LogP contribution in [0.1, 0.15) is 142 Å². The van der Waals surface area contributed by atoms with Crippen molar-refractivity contribution in [3.63, 3.8) is 0 Å². The second-order valence-electron chi connectivity index (χ2n) is 8.20. The third-order valence-corrected chi connectivity index (χ3v) is 5.40. The first kappa shape index (κ1) is 26.2. The Morgan fingerprint density at radius 2 is 0.889 bits per heavy atom. The van der Waals surface area contributed by atoms with Crippen molar-refractivity contribution in [2.45, 2.75) is 142 Å². The molecule has 0 aromatic heterocycles. The topological polar surface area (TPSA) is 37.3 Å². The fourth-order valence-corrected chi connectivity index (χ4v) is 3.58. The van der Waals surface area contributed by atoms with Gasteiger partial charge >= 0.3 is 5.97 Å². The molecular formula is C25H48O2. The highest BCUT2D eigenvalue weighted by atomic mass is 16.4. The second kappa shape index (κ2) is 23.2. The van der Waals surface area contributed by atoms with Crippen LogP contribution in [-0.2, 0) is 4.79 Å². The van der Waals surface area contributed by atoms with Gasteiger partial charge in [0.25, 0.3) is 0 Å². The van der Waals surface area contributed by atoms with Crippen molar-refractivity contribution in [3.05, 3.63) is 12.2 Å². The molecular weight excluding hydrogens is 332 g/mol. The van der Waals surface area contributed by atoms with E-state index < -0.39 is 5.97 Å². The molecule has 0 aromatic carbocycles. The largest absolute Gasteiger partial charge is 0.481 e. The molecule has 0 rings (SSSR count). The van der Waals surface area contributed by atoms with Crippen LogP contribution in [0.4, 0.5) is 0 Å². The molecule has 0 heterocycles. The van der Waals surface area contributed by atoms with E-state index in [-0.39, 0.29) is 0 Å². The van der Waals surface area contributed by atoms with E-state index in [9.17, 15) is 4.79 Å². The maximum absolute atomic E-state index is 10.4. The lowest BCUT2D eigenvalue weighted by atomic mass is 10.0. The Hall–Kier alpha value is -0.790. The Labute approximate surface area is 170 Å². The van der Waals surface area contributed by atoms with Crippen molar-refractivity contribution >= 4 is 5.97 Å². The van der Waals surface area contributed by atoms with Crippen LogP contribution in [0.3, 0.4) is 0 Å². The Morgan fingerprint density at radius 1 is 0.556 bits per heavy atom. The molecule has 2 nitrogen and oxygen atoms in total. The van der Waals surface area contributed by atoms with E-state index in [1.807, 2.05) is 0 Å². The zero-order valence-electron chi connectivity index (χ0n) is 18.4. The summed E-state index contributed by atoms with van der Waals surface area (Å²) >= 11 is 0. The zero-order chi connectivity index (χ0) is 19.8. The number of allylic oxidation sites excluding steroid dienone is 2. The highest BCUT2D eigenvalue weighted by Crippen LogP contribution is 2.13. The molecule has 1 N–H and O–H groups in total. The summed E-state index contributed by atoms with van der Waals surface area (Å²) in [6.45, 7) is 2.28. The number of carboxylic acids is 1. The van der Waals surface area contributed by atoms with Gasteiger partial charge in [-0.3, -0.25) is 4.79 Å². The predicted octanol–water partition coefficient (Wildman–Crippen LogP) is 8.84. The monoisotopic (exact) mass is 380 g/mol. The lowest BCUT2D eigenvalue weighted by molar-refractivity contribution is -0.137. The molecule has 0 aliphatic carbocycles. The van der Waals surface area contributed by atoms with E-state index in [0.717, 1.165) is 12.8 Å². The molecule has 0 spiro atoms. The number of carbonyl (C=O) groups is 1. The van der Waals surface area contributed by atoms with Crippen LogP contribution in [0.25, 0.3) is 0 Å². The summed E-state index contributed by atoms with van der Waals surface area (Å²) in [4.78, 5) is 10.4. The summed E-state index contributed by atoms with van der Waals surface area (Å²) in [6.07, 6.45) is 31.6. The maximum atomic E-state index is 10.4. The van der Waals surface area contributed by atoms with E-state index in [2.05, 4.69) is 19.1 Å². The van der Waals surface area contributed by atoms with Gasteiger partial charge in [0.15, 0.2) is 0 Å². The van der Waals surface area contributed by atoms with E-state index in [1.165, 1.54) is 116 Å². The van der Waals surface area contributed by atoms with E-state index in [1.54, 1.807) is 0 Å². The summed E-state index contributed by atoms with van der Waals surface area (Å²) in [5.74, 6) is -0.654. The van der Waals surface area contributed by atoms with Crippen LogP contribution in [0.15, 0.2) is 12.2 Å².